The fraction of sp³-hybridized carbons (Fsp3) is 0.412. The number of rotatable bonds is 5. The van der Waals surface area contributed by atoms with E-state index in [1.54, 1.807) is 13.2 Å². The van der Waals surface area contributed by atoms with Crippen LogP contribution in [0.3, 0.4) is 0 Å². The van der Waals surface area contributed by atoms with Crippen molar-refractivity contribution in [3.63, 3.8) is 0 Å². The van der Waals surface area contributed by atoms with Crippen LogP contribution >= 0.6 is 11.6 Å². The van der Waals surface area contributed by atoms with E-state index in [-0.39, 0.29) is 11.2 Å². The van der Waals surface area contributed by atoms with Crippen molar-refractivity contribution in [3.05, 3.63) is 55.3 Å². The Labute approximate surface area is 149 Å². The fourth-order valence-electron chi connectivity index (χ4n) is 2.77. The highest BCUT2D eigenvalue weighted by atomic mass is 35.5. The molecule has 2 aromatic rings. The van der Waals surface area contributed by atoms with E-state index in [9.17, 15) is 9.59 Å². The predicted molar refractivity (Wildman–Crippen MR) is 94.8 cm³/mol. The molecule has 8 heteroatoms. The molecule has 0 atom stereocenters. The molecular formula is C17H20ClN3O4. The van der Waals surface area contributed by atoms with Gasteiger partial charge in [0.2, 0.25) is 0 Å². The molecule has 1 aliphatic heterocycles. The Morgan fingerprint density at radius 3 is 2.76 bits per heavy atom. The van der Waals surface area contributed by atoms with Crippen molar-refractivity contribution in [2.45, 2.75) is 13.0 Å². The fourth-order valence-corrected chi connectivity index (χ4v) is 3.06. The smallest absolute Gasteiger partial charge is 0.330 e. The van der Waals surface area contributed by atoms with Crippen molar-refractivity contribution in [2.75, 3.05) is 19.8 Å². The second-order valence-corrected chi connectivity index (χ2v) is 6.35. The van der Waals surface area contributed by atoms with E-state index >= 15 is 0 Å². The summed E-state index contributed by atoms with van der Waals surface area (Å²) in [6.45, 7) is 2.06. The van der Waals surface area contributed by atoms with Crippen LogP contribution in [-0.2, 0) is 27.1 Å². The van der Waals surface area contributed by atoms with Crippen molar-refractivity contribution in [2.24, 2.45) is 14.1 Å². The zero-order valence-corrected chi connectivity index (χ0v) is 14.9. The van der Waals surface area contributed by atoms with Crippen LogP contribution in [0.1, 0.15) is 11.1 Å². The molecule has 0 saturated carbocycles. The molecule has 0 bridgehead atoms. The molecule has 1 aromatic carbocycles. The van der Waals surface area contributed by atoms with Gasteiger partial charge in [0.1, 0.15) is 13.2 Å². The average Bonchev–Trinajstić information content (AvgIpc) is 2.61. The molecule has 1 aromatic heterocycles. The zero-order valence-electron chi connectivity index (χ0n) is 14.2. The summed E-state index contributed by atoms with van der Waals surface area (Å²) in [5, 5.41) is 3.76. The van der Waals surface area contributed by atoms with E-state index in [1.165, 1.54) is 11.6 Å². The van der Waals surface area contributed by atoms with Gasteiger partial charge in [0.15, 0.2) is 11.5 Å². The number of hydrogen-bond donors (Lipinski definition) is 1. The van der Waals surface area contributed by atoms with Gasteiger partial charge in [-0.3, -0.25) is 9.36 Å². The van der Waals surface area contributed by atoms with Crippen LogP contribution in [0.25, 0.3) is 0 Å². The van der Waals surface area contributed by atoms with Gasteiger partial charge in [-0.2, -0.15) is 0 Å². The summed E-state index contributed by atoms with van der Waals surface area (Å²) in [6, 6.07) is 3.79. The topological polar surface area (TPSA) is 74.5 Å². The van der Waals surface area contributed by atoms with Crippen LogP contribution in [0.2, 0.25) is 5.02 Å². The first-order valence-electron chi connectivity index (χ1n) is 8.01. The largest absolute Gasteiger partial charge is 0.486 e. The highest BCUT2D eigenvalue weighted by molar-refractivity contribution is 6.32. The number of aromatic nitrogens is 2. The van der Waals surface area contributed by atoms with Gasteiger partial charge in [-0.1, -0.05) is 11.6 Å². The summed E-state index contributed by atoms with van der Waals surface area (Å²) in [6.07, 6.45) is 2.29. The van der Waals surface area contributed by atoms with Gasteiger partial charge >= 0.3 is 5.69 Å². The molecule has 134 valence electrons. The van der Waals surface area contributed by atoms with E-state index in [1.807, 2.05) is 12.1 Å². The summed E-state index contributed by atoms with van der Waals surface area (Å²) in [5.74, 6) is 1.26. The molecule has 0 saturated heterocycles. The molecule has 0 unspecified atom stereocenters. The maximum atomic E-state index is 12.1. The number of halogens is 1. The number of benzene rings is 1. The van der Waals surface area contributed by atoms with Crippen LogP contribution in [0.4, 0.5) is 0 Å². The lowest BCUT2D eigenvalue weighted by Crippen LogP contribution is -2.39. The number of fused-ring (bicyclic) bond motifs is 1. The van der Waals surface area contributed by atoms with Gasteiger partial charge < -0.3 is 19.4 Å². The molecule has 0 spiro atoms. The van der Waals surface area contributed by atoms with Gasteiger partial charge in [0.05, 0.1) is 5.02 Å². The van der Waals surface area contributed by atoms with E-state index < -0.39 is 0 Å². The molecule has 1 N–H and O–H groups in total. The first-order chi connectivity index (χ1) is 12.0. The number of nitrogens with zero attached hydrogens (tertiary/aromatic N) is 2. The minimum Gasteiger partial charge on any atom is -0.486 e. The Kier molecular flexibility index (Phi) is 5.15. The van der Waals surface area contributed by atoms with Gasteiger partial charge in [-0.05, 0) is 30.7 Å². The maximum absolute atomic E-state index is 12.1. The summed E-state index contributed by atoms with van der Waals surface area (Å²) >= 11 is 6.22. The van der Waals surface area contributed by atoms with Crippen LogP contribution < -0.4 is 26.0 Å². The first-order valence-corrected chi connectivity index (χ1v) is 8.39. The Morgan fingerprint density at radius 1 is 1.20 bits per heavy atom. The minimum absolute atomic E-state index is 0.280. The molecule has 0 fully saturated rings. The maximum Gasteiger partial charge on any atom is 0.330 e. The summed E-state index contributed by atoms with van der Waals surface area (Å²) in [4.78, 5) is 23.7. The van der Waals surface area contributed by atoms with E-state index in [0.717, 1.165) is 16.6 Å². The Bertz CT molecular complexity index is 904. The third-order valence-electron chi connectivity index (χ3n) is 4.08. The normalized spacial score (nSPS) is 13.1. The second kappa shape index (κ2) is 7.33. The van der Waals surface area contributed by atoms with Crippen LogP contribution in [0, 0.1) is 0 Å². The monoisotopic (exact) mass is 365 g/mol. The average molecular weight is 366 g/mol. The molecule has 25 heavy (non-hydrogen) atoms. The zero-order chi connectivity index (χ0) is 18.0. The number of nitrogens with one attached hydrogen (secondary N) is 1. The third-order valence-corrected chi connectivity index (χ3v) is 4.36. The predicted octanol–water partition coefficient (Wildman–Crippen LogP) is 0.841. The van der Waals surface area contributed by atoms with Gasteiger partial charge in [-0.15, -0.1) is 0 Å². The summed E-state index contributed by atoms with van der Waals surface area (Å²) < 4.78 is 13.6. The highest BCUT2D eigenvalue weighted by Crippen LogP contribution is 2.38. The van der Waals surface area contributed by atoms with E-state index in [2.05, 4.69) is 5.32 Å². The summed E-state index contributed by atoms with van der Waals surface area (Å²) in [7, 11) is 3.10. The SMILES string of the molecule is Cn1cc(CNCCc2cc(Cl)c3c(c2)OCCO3)c(=O)n(C)c1=O. The molecule has 7 nitrogen and oxygen atoms in total. The summed E-state index contributed by atoms with van der Waals surface area (Å²) in [5.41, 5.74) is 0.956. The van der Waals surface area contributed by atoms with E-state index in [4.69, 9.17) is 21.1 Å². The third kappa shape index (κ3) is 3.72. The number of aryl methyl sites for hydroxylation is 1. The highest BCUT2D eigenvalue weighted by Gasteiger charge is 2.16. The van der Waals surface area contributed by atoms with Crippen molar-refractivity contribution < 1.29 is 9.47 Å². The molecular weight excluding hydrogens is 346 g/mol. The first kappa shape index (κ1) is 17.6. The molecule has 0 radical (unpaired) electrons. The van der Waals surface area contributed by atoms with Gasteiger partial charge in [-0.25, -0.2) is 4.79 Å². The Balaban J connectivity index is 1.62. The second-order valence-electron chi connectivity index (χ2n) is 5.94. The van der Waals surface area contributed by atoms with E-state index in [0.29, 0.717) is 48.4 Å². The quantitative estimate of drug-likeness (QED) is 0.795. The lowest BCUT2D eigenvalue weighted by atomic mass is 10.1. The van der Waals surface area contributed by atoms with Crippen LogP contribution in [-0.4, -0.2) is 28.9 Å². The van der Waals surface area contributed by atoms with Crippen molar-refractivity contribution in [1.82, 2.24) is 14.5 Å². The minimum atomic E-state index is -0.334. The van der Waals surface area contributed by atoms with Crippen LogP contribution in [0.15, 0.2) is 27.9 Å². The van der Waals surface area contributed by atoms with Gasteiger partial charge in [0, 0.05) is 32.4 Å². The van der Waals surface area contributed by atoms with Crippen molar-refractivity contribution in [1.29, 1.82) is 0 Å². The molecule has 0 aliphatic carbocycles. The Morgan fingerprint density at radius 2 is 1.96 bits per heavy atom. The lowest BCUT2D eigenvalue weighted by molar-refractivity contribution is 0.171. The van der Waals surface area contributed by atoms with Crippen molar-refractivity contribution >= 4 is 11.6 Å². The number of hydrogen-bond acceptors (Lipinski definition) is 5. The Hall–Kier alpha value is -2.25. The molecule has 0 amide bonds. The lowest BCUT2D eigenvalue weighted by Gasteiger charge is -2.20. The standard InChI is InChI=1S/C17H20ClN3O4/c1-20-10-12(16(22)21(2)17(20)23)9-19-4-3-11-7-13(18)15-14(8-11)24-5-6-25-15/h7-8,10,19H,3-6,9H2,1-2H3. The van der Waals surface area contributed by atoms with Gasteiger partial charge in [0.25, 0.3) is 5.56 Å². The molecule has 1 aliphatic rings. The molecule has 3 rings (SSSR count). The molecule has 2 heterocycles. The van der Waals surface area contributed by atoms with Crippen molar-refractivity contribution in [3.8, 4) is 11.5 Å². The van der Waals surface area contributed by atoms with Crippen LogP contribution in [0.5, 0.6) is 11.5 Å². The number of ether oxygens (including phenoxy) is 2.